The molecule has 2 unspecified atom stereocenters. The molecule has 2 aliphatic heterocycles. The lowest BCUT2D eigenvalue weighted by atomic mass is 9.77. The summed E-state index contributed by atoms with van der Waals surface area (Å²) in [5.74, 6) is -15.9. The highest BCUT2D eigenvalue weighted by molar-refractivity contribution is 8.20. The van der Waals surface area contributed by atoms with Gasteiger partial charge in [-0.3, -0.25) is 0 Å². The van der Waals surface area contributed by atoms with Crippen LogP contribution in [-0.2, 0) is 0 Å². The standard InChI is InChI=1S/C27H20F6N2S2/c1-13-5-9-15(10-6-13)21-34-19-17-18(26(30,31)27(32,33)25(17,28)29)20-24(4,23(19,3)36-21)37-22(35-20)16-11-7-14(2)8-12-16/h5-12H,1-4H3. The molecule has 6 rings (SSSR count). The fourth-order valence-corrected chi connectivity index (χ4v) is 8.06. The molecule has 2 heterocycles. The third-order valence-corrected chi connectivity index (χ3v) is 10.8. The maximum atomic E-state index is 15.3. The predicted octanol–water partition coefficient (Wildman–Crippen LogP) is 7.95. The Balaban J connectivity index is 1.65. The summed E-state index contributed by atoms with van der Waals surface area (Å²) in [6.45, 7) is 6.97. The van der Waals surface area contributed by atoms with Crippen LogP contribution in [0.3, 0.4) is 0 Å². The maximum Gasteiger partial charge on any atom is 0.380 e. The lowest BCUT2D eigenvalue weighted by Gasteiger charge is -2.44. The van der Waals surface area contributed by atoms with E-state index in [0.29, 0.717) is 21.2 Å². The second-order valence-electron chi connectivity index (χ2n) is 10.0. The number of thioether (sulfide) groups is 2. The van der Waals surface area contributed by atoms with Crippen molar-refractivity contribution in [3.8, 4) is 0 Å². The topological polar surface area (TPSA) is 24.7 Å². The SMILES string of the molecule is Cc1ccc(C2=NC3=C4C(=C5N=C(c6ccc(C)cc6)SC5(C)C3(C)S2)C(F)(F)C(F)(F)C4(F)F)cc1. The van der Waals surface area contributed by atoms with Gasteiger partial charge in [0.25, 0.3) is 0 Å². The molecule has 1 saturated carbocycles. The second kappa shape index (κ2) is 7.34. The van der Waals surface area contributed by atoms with E-state index in [-0.39, 0.29) is 0 Å². The number of fused-ring (bicyclic) bond motifs is 4. The summed E-state index contributed by atoms with van der Waals surface area (Å²) in [6.07, 6.45) is 0. The van der Waals surface area contributed by atoms with Gasteiger partial charge in [-0.25, -0.2) is 9.98 Å². The van der Waals surface area contributed by atoms with Gasteiger partial charge in [-0.1, -0.05) is 83.2 Å². The Hall–Kier alpha value is -2.46. The van der Waals surface area contributed by atoms with Gasteiger partial charge < -0.3 is 0 Å². The molecule has 0 radical (unpaired) electrons. The second-order valence-corrected chi connectivity index (χ2v) is 12.8. The van der Waals surface area contributed by atoms with E-state index in [0.717, 1.165) is 34.7 Å². The zero-order valence-corrected chi connectivity index (χ0v) is 21.7. The van der Waals surface area contributed by atoms with Gasteiger partial charge >= 0.3 is 17.8 Å². The quantitative estimate of drug-likeness (QED) is 0.355. The van der Waals surface area contributed by atoms with Gasteiger partial charge in [0.05, 0.1) is 32.0 Å². The third kappa shape index (κ3) is 2.94. The van der Waals surface area contributed by atoms with E-state index in [4.69, 9.17) is 0 Å². The van der Waals surface area contributed by atoms with Crippen LogP contribution in [0.2, 0.25) is 0 Å². The molecule has 0 N–H and O–H groups in total. The molecule has 1 fully saturated rings. The molecule has 2 aliphatic carbocycles. The van der Waals surface area contributed by atoms with E-state index in [1.165, 1.54) is 0 Å². The summed E-state index contributed by atoms with van der Waals surface area (Å²) in [5, 5.41) is 0.621. The van der Waals surface area contributed by atoms with Crippen LogP contribution in [0.25, 0.3) is 0 Å². The van der Waals surface area contributed by atoms with E-state index in [1.807, 2.05) is 38.1 Å². The number of nitrogens with zero attached hydrogens (tertiary/aromatic N) is 2. The summed E-state index contributed by atoms with van der Waals surface area (Å²) in [4.78, 5) is 8.76. The lowest BCUT2D eigenvalue weighted by Crippen LogP contribution is -2.49. The van der Waals surface area contributed by atoms with E-state index in [1.54, 1.807) is 38.1 Å². The predicted molar refractivity (Wildman–Crippen MR) is 136 cm³/mol. The van der Waals surface area contributed by atoms with E-state index < -0.39 is 49.8 Å². The Bertz CT molecular complexity index is 1380. The first-order valence-electron chi connectivity index (χ1n) is 11.5. The zero-order valence-electron chi connectivity index (χ0n) is 20.1. The van der Waals surface area contributed by atoms with Gasteiger partial charge in [0.2, 0.25) is 0 Å². The molecule has 0 saturated heterocycles. The van der Waals surface area contributed by atoms with Crippen molar-refractivity contribution in [3.63, 3.8) is 0 Å². The van der Waals surface area contributed by atoms with Gasteiger partial charge in [0.15, 0.2) is 0 Å². The van der Waals surface area contributed by atoms with Gasteiger partial charge in [0, 0.05) is 11.1 Å². The van der Waals surface area contributed by atoms with Crippen LogP contribution in [-0.4, -0.2) is 37.3 Å². The molecule has 0 amide bonds. The van der Waals surface area contributed by atoms with E-state index in [9.17, 15) is 8.78 Å². The molecule has 10 heteroatoms. The molecule has 192 valence electrons. The molecule has 2 atom stereocenters. The Morgan fingerprint density at radius 2 is 0.892 bits per heavy atom. The lowest BCUT2D eigenvalue weighted by molar-refractivity contribution is -0.258. The third-order valence-electron chi connectivity index (χ3n) is 7.58. The fourth-order valence-electron chi connectivity index (χ4n) is 5.18. The molecule has 4 aliphatic rings. The number of alkyl halides is 6. The largest absolute Gasteiger partial charge is 0.380 e. The number of hydrogen-bond donors (Lipinski definition) is 0. The number of allylic oxidation sites excluding steroid dienone is 2. The molecule has 2 aromatic carbocycles. The minimum Gasteiger partial charge on any atom is -0.244 e. The van der Waals surface area contributed by atoms with Crippen molar-refractivity contribution in [1.82, 2.24) is 0 Å². The highest BCUT2D eigenvalue weighted by atomic mass is 32.2. The number of rotatable bonds is 2. The van der Waals surface area contributed by atoms with Crippen LogP contribution in [0.1, 0.15) is 36.1 Å². The first-order valence-corrected chi connectivity index (χ1v) is 13.1. The van der Waals surface area contributed by atoms with Crippen LogP contribution in [0.5, 0.6) is 0 Å². The minimum atomic E-state index is -5.63. The smallest absolute Gasteiger partial charge is 0.244 e. The summed E-state index contributed by atoms with van der Waals surface area (Å²) in [5.41, 5.74) is -0.584. The van der Waals surface area contributed by atoms with Crippen LogP contribution in [0, 0.1) is 13.8 Å². The van der Waals surface area contributed by atoms with Crippen LogP contribution < -0.4 is 0 Å². The Morgan fingerprint density at radius 3 is 1.22 bits per heavy atom. The van der Waals surface area contributed by atoms with Crippen molar-refractivity contribution < 1.29 is 26.3 Å². The van der Waals surface area contributed by atoms with Crippen LogP contribution in [0.15, 0.2) is 81.1 Å². The van der Waals surface area contributed by atoms with Crippen molar-refractivity contribution in [3.05, 3.63) is 93.3 Å². The van der Waals surface area contributed by atoms with Gasteiger partial charge in [-0.2, -0.15) is 26.3 Å². The number of benzene rings is 2. The highest BCUT2D eigenvalue weighted by Gasteiger charge is 2.85. The van der Waals surface area contributed by atoms with Gasteiger partial charge in [0.1, 0.15) is 10.1 Å². The number of aryl methyl sites for hydroxylation is 2. The fraction of sp³-hybridized carbons (Fsp3) is 0.333. The maximum absolute atomic E-state index is 15.3. The van der Waals surface area contributed by atoms with Crippen molar-refractivity contribution in [2.45, 2.75) is 55.0 Å². The minimum absolute atomic E-state index is 0.311. The van der Waals surface area contributed by atoms with Crippen LogP contribution in [0.4, 0.5) is 26.3 Å². The summed E-state index contributed by atoms with van der Waals surface area (Å²) in [6, 6.07) is 14.2. The highest BCUT2D eigenvalue weighted by Crippen LogP contribution is 2.73. The van der Waals surface area contributed by atoms with Crippen molar-refractivity contribution in [2.75, 3.05) is 0 Å². The molecular formula is C27H20F6N2S2. The summed E-state index contributed by atoms with van der Waals surface area (Å²) >= 11 is 2.24. The molecule has 2 aromatic rings. The molecular weight excluding hydrogens is 530 g/mol. The number of aliphatic imine (C=N–C) groups is 2. The summed E-state index contributed by atoms with van der Waals surface area (Å²) in [7, 11) is 0. The molecule has 2 nitrogen and oxygen atoms in total. The molecule has 0 aromatic heterocycles. The molecule has 0 bridgehead atoms. The number of hydrogen-bond acceptors (Lipinski definition) is 4. The average molecular weight is 551 g/mol. The van der Waals surface area contributed by atoms with Crippen LogP contribution >= 0.6 is 23.5 Å². The Morgan fingerprint density at radius 1 is 0.568 bits per heavy atom. The Kier molecular flexibility index (Phi) is 4.93. The first-order chi connectivity index (χ1) is 17.1. The van der Waals surface area contributed by atoms with E-state index in [2.05, 4.69) is 9.98 Å². The zero-order chi connectivity index (χ0) is 26.8. The van der Waals surface area contributed by atoms with E-state index >= 15 is 17.6 Å². The van der Waals surface area contributed by atoms with Gasteiger partial charge in [-0.15, -0.1) is 0 Å². The number of halogens is 6. The molecule has 0 spiro atoms. The van der Waals surface area contributed by atoms with Gasteiger partial charge in [-0.05, 0) is 27.7 Å². The van der Waals surface area contributed by atoms with Crippen molar-refractivity contribution in [2.24, 2.45) is 9.98 Å². The monoisotopic (exact) mass is 550 g/mol. The normalized spacial score (nSPS) is 30.6. The average Bonchev–Trinajstić information content (AvgIpc) is 3.40. The molecule has 37 heavy (non-hydrogen) atoms. The Labute approximate surface area is 218 Å². The van der Waals surface area contributed by atoms with Crippen molar-refractivity contribution >= 4 is 33.6 Å². The first kappa shape index (κ1) is 24.9. The summed E-state index contributed by atoms with van der Waals surface area (Å²) < 4.78 is 88.2. The van der Waals surface area contributed by atoms with Crippen molar-refractivity contribution in [1.29, 1.82) is 0 Å².